The minimum atomic E-state index is 0. The van der Waals surface area contributed by atoms with Crippen LogP contribution in [0, 0.1) is 0 Å². The third kappa shape index (κ3) is 4.62. The molecule has 0 aromatic heterocycles. The lowest BCUT2D eigenvalue weighted by Crippen LogP contribution is -3.00. The SMILES string of the molecule is CC[N+](CC)(CC)CCCO.[I-]. The summed E-state index contributed by atoms with van der Waals surface area (Å²) in [6.07, 6.45) is 0.940. The van der Waals surface area contributed by atoms with E-state index in [1.165, 1.54) is 19.6 Å². The normalized spacial score (nSPS) is 11.0. The summed E-state index contributed by atoms with van der Waals surface area (Å²) in [5, 5.41) is 8.71. The Kier molecular flexibility index (Phi) is 10.4. The van der Waals surface area contributed by atoms with E-state index < -0.39 is 0 Å². The molecule has 0 saturated heterocycles. The van der Waals surface area contributed by atoms with E-state index in [0.717, 1.165) is 17.4 Å². The fourth-order valence-electron chi connectivity index (χ4n) is 1.55. The highest BCUT2D eigenvalue weighted by molar-refractivity contribution is 4.38. The smallest absolute Gasteiger partial charge is 0.0808 e. The standard InChI is InChI=1S/C9H22NO.HI/c1-4-10(5-2,6-3)8-7-9-11;/h11H,4-9H2,1-3H3;1H/q+1;/p-1. The van der Waals surface area contributed by atoms with Crippen molar-refractivity contribution in [2.24, 2.45) is 0 Å². The van der Waals surface area contributed by atoms with Crippen LogP contribution in [0.15, 0.2) is 0 Å². The lowest BCUT2D eigenvalue weighted by atomic mass is 10.3. The van der Waals surface area contributed by atoms with E-state index in [1.54, 1.807) is 0 Å². The van der Waals surface area contributed by atoms with Gasteiger partial charge in [-0.1, -0.05) is 0 Å². The van der Waals surface area contributed by atoms with Gasteiger partial charge in [-0.15, -0.1) is 0 Å². The van der Waals surface area contributed by atoms with Crippen molar-refractivity contribution < 1.29 is 33.6 Å². The van der Waals surface area contributed by atoms with E-state index in [2.05, 4.69) is 20.8 Å². The summed E-state index contributed by atoms with van der Waals surface area (Å²) < 4.78 is 1.15. The van der Waals surface area contributed by atoms with Crippen molar-refractivity contribution in [2.75, 3.05) is 32.8 Å². The molecule has 0 amide bonds. The minimum Gasteiger partial charge on any atom is -1.00 e. The van der Waals surface area contributed by atoms with E-state index in [-0.39, 0.29) is 24.0 Å². The largest absolute Gasteiger partial charge is 1.00 e. The number of halogens is 1. The Morgan fingerprint density at radius 1 is 1.00 bits per heavy atom. The maximum Gasteiger partial charge on any atom is 0.0808 e. The van der Waals surface area contributed by atoms with Gasteiger partial charge in [-0.2, -0.15) is 0 Å². The second-order valence-corrected chi connectivity index (χ2v) is 3.09. The second kappa shape index (κ2) is 8.26. The topological polar surface area (TPSA) is 20.2 Å². The highest BCUT2D eigenvalue weighted by Crippen LogP contribution is 2.06. The third-order valence-corrected chi connectivity index (χ3v) is 2.80. The predicted octanol–water partition coefficient (Wildman–Crippen LogP) is -1.75. The Morgan fingerprint density at radius 3 is 1.67 bits per heavy atom. The predicted molar refractivity (Wildman–Crippen MR) is 48.5 cm³/mol. The average Bonchev–Trinajstić information content (AvgIpc) is 2.08. The van der Waals surface area contributed by atoms with Crippen molar-refractivity contribution in [1.29, 1.82) is 0 Å². The maximum atomic E-state index is 8.71. The van der Waals surface area contributed by atoms with Gasteiger partial charge in [0.15, 0.2) is 0 Å². The number of nitrogens with zero attached hydrogens (tertiary/aromatic N) is 1. The minimum absolute atomic E-state index is 0. The van der Waals surface area contributed by atoms with E-state index in [1.807, 2.05) is 0 Å². The zero-order valence-electron chi connectivity index (χ0n) is 8.52. The number of quaternary nitrogens is 1. The number of aliphatic hydroxyl groups is 1. The molecule has 1 N–H and O–H groups in total. The van der Waals surface area contributed by atoms with E-state index in [4.69, 9.17) is 5.11 Å². The van der Waals surface area contributed by atoms with Gasteiger partial charge in [0.05, 0.1) is 26.2 Å². The van der Waals surface area contributed by atoms with Gasteiger partial charge in [0.2, 0.25) is 0 Å². The van der Waals surface area contributed by atoms with Crippen LogP contribution < -0.4 is 24.0 Å². The monoisotopic (exact) mass is 287 g/mol. The van der Waals surface area contributed by atoms with Crippen molar-refractivity contribution in [3.63, 3.8) is 0 Å². The first-order valence-corrected chi connectivity index (χ1v) is 4.70. The highest BCUT2D eigenvalue weighted by atomic mass is 127. The number of hydrogen-bond acceptors (Lipinski definition) is 1. The molecule has 3 heteroatoms. The van der Waals surface area contributed by atoms with Crippen LogP contribution in [-0.4, -0.2) is 42.4 Å². The summed E-state index contributed by atoms with van der Waals surface area (Å²) in [7, 11) is 0. The molecule has 0 atom stereocenters. The maximum absolute atomic E-state index is 8.71. The molecule has 0 fully saturated rings. The Labute approximate surface area is 93.6 Å². The molecule has 0 aliphatic carbocycles. The van der Waals surface area contributed by atoms with Gasteiger partial charge in [-0.25, -0.2) is 0 Å². The molecule has 2 nitrogen and oxygen atoms in total. The quantitative estimate of drug-likeness (QED) is 0.454. The van der Waals surface area contributed by atoms with Gasteiger partial charge in [-0.05, 0) is 20.8 Å². The van der Waals surface area contributed by atoms with E-state index >= 15 is 0 Å². The molecule has 0 rings (SSSR count). The van der Waals surface area contributed by atoms with Crippen molar-refractivity contribution in [1.82, 2.24) is 0 Å². The molecule has 0 heterocycles. The van der Waals surface area contributed by atoms with E-state index in [9.17, 15) is 0 Å². The van der Waals surface area contributed by atoms with Crippen molar-refractivity contribution >= 4 is 0 Å². The zero-order chi connectivity index (χ0) is 8.74. The summed E-state index contributed by atoms with van der Waals surface area (Å²) in [5.41, 5.74) is 0. The highest BCUT2D eigenvalue weighted by Gasteiger charge is 2.18. The molecule has 12 heavy (non-hydrogen) atoms. The van der Waals surface area contributed by atoms with Gasteiger partial charge >= 0.3 is 0 Å². The first-order valence-electron chi connectivity index (χ1n) is 4.70. The van der Waals surface area contributed by atoms with Gasteiger partial charge in [0.25, 0.3) is 0 Å². The average molecular weight is 287 g/mol. The molecule has 0 aromatic rings. The molecule has 0 bridgehead atoms. The summed E-state index contributed by atoms with van der Waals surface area (Å²) in [6, 6.07) is 0. The lowest BCUT2D eigenvalue weighted by Gasteiger charge is -2.35. The second-order valence-electron chi connectivity index (χ2n) is 3.09. The van der Waals surface area contributed by atoms with Gasteiger partial charge in [0, 0.05) is 13.0 Å². The van der Waals surface area contributed by atoms with Crippen LogP contribution in [0.1, 0.15) is 27.2 Å². The summed E-state index contributed by atoms with van der Waals surface area (Å²) >= 11 is 0. The Hall–Kier alpha value is 0.650. The van der Waals surface area contributed by atoms with Crippen LogP contribution in [-0.2, 0) is 0 Å². The molecule has 76 valence electrons. The van der Waals surface area contributed by atoms with Crippen LogP contribution in [0.2, 0.25) is 0 Å². The zero-order valence-corrected chi connectivity index (χ0v) is 10.7. The van der Waals surface area contributed by atoms with Gasteiger partial charge < -0.3 is 33.6 Å². The van der Waals surface area contributed by atoms with Gasteiger partial charge in [0.1, 0.15) is 0 Å². The van der Waals surface area contributed by atoms with Crippen LogP contribution in [0.4, 0.5) is 0 Å². The first kappa shape index (κ1) is 15.1. The van der Waals surface area contributed by atoms with Crippen LogP contribution in [0.25, 0.3) is 0 Å². The fourth-order valence-corrected chi connectivity index (χ4v) is 1.55. The van der Waals surface area contributed by atoms with Crippen LogP contribution in [0.3, 0.4) is 0 Å². The molecule has 0 saturated carbocycles. The number of hydrogen-bond donors (Lipinski definition) is 1. The van der Waals surface area contributed by atoms with Crippen molar-refractivity contribution in [3.05, 3.63) is 0 Å². The molecular formula is C9H22INO. The summed E-state index contributed by atoms with van der Waals surface area (Å²) in [6.45, 7) is 11.7. The number of rotatable bonds is 6. The Bertz CT molecular complexity index is 86.3. The number of aliphatic hydroxyl groups excluding tert-OH is 1. The van der Waals surface area contributed by atoms with Crippen LogP contribution >= 0.6 is 0 Å². The molecule has 0 radical (unpaired) electrons. The molecule has 0 aliphatic heterocycles. The Morgan fingerprint density at radius 2 is 1.42 bits per heavy atom. The van der Waals surface area contributed by atoms with Gasteiger partial charge in [-0.3, -0.25) is 0 Å². The fraction of sp³-hybridized carbons (Fsp3) is 1.00. The molecule has 0 spiro atoms. The van der Waals surface area contributed by atoms with Crippen molar-refractivity contribution in [3.8, 4) is 0 Å². The molecule has 0 aromatic carbocycles. The lowest BCUT2D eigenvalue weighted by molar-refractivity contribution is -0.923. The van der Waals surface area contributed by atoms with Crippen molar-refractivity contribution in [2.45, 2.75) is 27.2 Å². The third-order valence-electron chi connectivity index (χ3n) is 2.80. The van der Waals surface area contributed by atoms with E-state index in [0.29, 0.717) is 6.61 Å². The van der Waals surface area contributed by atoms with Crippen LogP contribution in [0.5, 0.6) is 0 Å². The summed E-state index contributed by atoms with van der Waals surface area (Å²) in [4.78, 5) is 0. The Balaban J connectivity index is 0. The first-order chi connectivity index (χ1) is 5.24. The molecule has 0 aliphatic rings. The molecular weight excluding hydrogens is 265 g/mol. The molecule has 0 unspecified atom stereocenters. The summed E-state index contributed by atoms with van der Waals surface area (Å²) in [5.74, 6) is 0.